The zero-order valence-corrected chi connectivity index (χ0v) is 18.4. The van der Waals surface area contributed by atoms with E-state index in [-0.39, 0.29) is 11.9 Å². The van der Waals surface area contributed by atoms with Gasteiger partial charge in [-0.3, -0.25) is 14.6 Å². The zero-order chi connectivity index (χ0) is 21.6. The Morgan fingerprint density at radius 3 is 2.94 bits per heavy atom. The molecule has 1 fully saturated rings. The summed E-state index contributed by atoms with van der Waals surface area (Å²) in [5.41, 5.74) is 5.07. The molecule has 7 heteroatoms. The minimum Gasteiger partial charge on any atom is -0.318 e. The molecule has 0 aliphatic heterocycles. The molecule has 2 aliphatic carbocycles. The van der Waals surface area contributed by atoms with Crippen LogP contribution in [0.1, 0.15) is 53.1 Å². The summed E-state index contributed by atoms with van der Waals surface area (Å²) >= 11 is 0. The van der Waals surface area contributed by atoms with E-state index in [4.69, 9.17) is 0 Å². The number of hydrogen-bond donors (Lipinski definition) is 2. The molecule has 1 aromatic carbocycles. The molecule has 0 radical (unpaired) electrons. The van der Waals surface area contributed by atoms with Gasteiger partial charge >= 0.3 is 0 Å². The highest BCUT2D eigenvalue weighted by Gasteiger charge is 2.53. The second kappa shape index (κ2) is 7.64. The topological polar surface area (TPSA) is 78.8 Å². The van der Waals surface area contributed by atoms with E-state index in [2.05, 4.69) is 70.8 Å². The van der Waals surface area contributed by atoms with Crippen LogP contribution in [0.2, 0.25) is 0 Å². The molecule has 7 nitrogen and oxygen atoms in total. The molecule has 2 N–H and O–H groups in total. The molecule has 2 aromatic heterocycles. The number of carbonyl (C=O) groups is 1. The molecular formula is C24H30N6O. The lowest BCUT2D eigenvalue weighted by atomic mass is 9.87. The molecule has 3 aromatic rings. The largest absolute Gasteiger partial charge is 0.318 e. The Hall–Kier alpha value is -2.93. The van der Waals surface area contributed by atoms with Crippen molar-refractivity contribution in [3.05, 3.63) is 65.2 Å². The molecule has 31 heavy (non-hydrogen) atoms. The maximum Gasteiger partial charge on any atom is 0.276 e. The summed E-state index contributed by atoms with van der Waals surface area (Å²) in [5.74, 6) is 0.529. The molecular weight excluding hydrogens is 388 g/mol. The molecule has 0 saturated heterocycles. The summed E-state index contributed by atoms with van der Waals surface area (Å²) in [6, 6.07) is 10.5. The number of amides is 1. The fourth-order valence-corrected chi connectivity index (χ4v) is 4.92. The van der Waals surface area contributed by atoms with Crippen molar-refractivity contribution in [2.24, 2.45) is 11.3 Å². The summed E-state index contributed by atoms with van der Waals surface area (Å²) in [6.07, 6.45) is 7.76. The van der Waals surface area contributed by atoms with E-state index in [1.54, 1.807) is 6.20 Å². The summed E-state index contributed by atoms with van der Waals surface area (Å²) in [4.78, 5) is 15.1. The van der Waals surface area contributed by atoms with E-state index in [0.717, 1.165) is 37.1 Å². The number of benzene rings is 1. The molecule has 1 saturated carbocycles. The van der Waals surface area contributed by atoms with Gasteiger partial charge in [-0.2, -0.15) is 10.2 Å². The molecule has 5 rings (SSSR count). The first-order valence-electron chi connectivity index (χ1n) is 11.0. The lowest BCUT2D eigenvalue weighted by Crippen LogP contribution is -2.20. The SMILES string of the molecule is CN(C)CCC(c1ccccc1)n1cc(NC(=O)c2n[nH]c3c2CC2CC2(C)C3)cn1. The van der Waals surface area contributed by atoms with Gasteiger partial charge in [0.05, 0.1) is 17.9 Å². The quantitative estimate of drug-likeness (QED) is 0.615. The maximum absolute atomic E-state index is 13.0. The van der Waals surface area contributed by atoms with Crippen molar-refractivity contribution in [2.75, 3.05) is 26.0 Å². The number of aromatic nitrogens is 4. The van der Waals surface area contributed by atoms with E-state index in [9.17, 15) is 4.79 Å². The Morgan fingerprint density at radius 2 is 2.16 bits per heavy atom. The minimum absolute atomic E-state index is 0.111. The third kappa shape index (κ3) is 3.90. The van der Waals surface area contributed by atoms with Crippen LogP contribution in [0, 0.1) is 11.3 Å². The smallest absolute Gasteiger partial charge is 0.276 e. The van der Waals surface area contributed by atoms with Crippen molar-refractivity contribution in [1.82, 2.24) is 24.9 Å². The van der Waals surface area contributed by atoms with Crippen LogP contribution in [-0.2, 0) is 12.8 Å². The first-order chi connectivity index (χ1) is 14.9. The number of rotatable bonds is 7. The van der Waals surface area contributed by atoms with Gasteiger partial charge in [-0.1, -0.05) is 37.3 Å². The standard InChI is InChI=1S/C24H30N6O/c1-24-12-17(24)11-19-20(13-24)27-28-22(19)23(31)26-18-14-25-30(15-18)21(9-10-29(2)3)16-7-5-4-6-8-16/h4-8,14-15,17,21H,9-13H2,1-3H3,(H,26,31)(H,27,28). The van der Waals surface area contributed by atoms with Gasteiger partial charge in [0.2, 0.25) is 0 Å². The lowest BCUT2D eigenvalue weighted by molar-refractivity contribution is 0.102. The first-order valence-corrected chi connectivity index (χ1v) is 11.0. The van der Waals surface area contributed by atoms with Gasteiger partial charge < -0.3 is 10.2 Å². The number of hydrogen-bond acceptors (Lipinski definition) is 4. The number of fused-ring (bicyclic) bond motifs is 2. The third-order valence-electron chi connectivity index (χ3n) is 6.95. The Kier molecular flexibility index (Phi) is 4.93. The number of nitrogens with zero attached hydrogens (tertiary/aromatic N) is 4. The Bertz CT molecular complexity index is 1080. The molecule has 1 amide bonds. The number of H-pyrrole nitrogens is 1. The molecule has 162 valence electrons. The number of nitrogens with one attached hydrogen (secondary N) is 2. The van der Waals surface area contributed by atoms with Crippen LogP contribution >= 0.6 is 0 Å². The van der Waals surface area contributed by atoms with Crippen LogP contribution in [-0.4, -0.2) is 51.4 Å². The molecule has 0 spiro atoms. The lowest BCUT2D eigenvalue weighted by Gasteiger charge is -2.20. The molecule has 2 heterocycles. The van der Waals surface area contributed by atoms with Gasteiger partial charge in [0.15, 0.2) is 5.69 Å². The molecule has 0 bridgehead atoms. The monoisotopic (exact) mass is 418 g/mol. The highest BCUT2D eigenvalue weighted by Crippen LogP contribution is 2.59. The average Bonchev–Trinajstić information content (AvgIpc) is 3.03. The van der Waals surface area contributed by atoms with Gasteiger partial charge in [-0.25, -0.2) is 0 Å². The predicted octanol–water partition coefficient (Wildman–Crippen LogP) is 3.52. The second-order valence-electron chi connectivity index (χ2n) is 9.65. The Labute approximate surface area is 182 Å². The van der Waals surface area contributed by atoms with Gasteiger partial charge in [0.25, 0.3) is 5.91 Å². The highest BCUT2D eigenvalue weighted by molar-refractivity contribution is 6.04. The number of anilines is 1. The molecule has 3 unspecified atom stereocenters. The van der Waals surface area contributed by atoms with Crippen LogP contribution < -0.4 is 5.32 Å². The maximum atomic E-state index is 13.0. The minimum atomic E-state index is -0.161. The van der Waals surface area contributed by atoms with Crippen LogP contribution in [0.4, 0.5) is 5.69 Å². The Balaban J connectivity index is 1.33. The van der Waals surface area contributed by atoms with Crippen LogP contribution in [0.5, 0.6) is 0 Å². The van der Waals surface area contributed by atoms with Crippen molar-refractivity contribution in [2.45, 2.75) is 38.6 Å². The van der Waals surface area contributed by atoms with E-state index in [0.29, 0.717) is 22.7 Å². The first kappa shape index (κ1) is 20.0. The van der Waals surface area contributed by atoms with E-state index < -0.39 is 0 Å². The van der Waals surface area contributed by atoms with Crippen molar-refractivity contribution in [1.29, 1.82) is 0 Å². The zero-order valence-electron chi connectivity index (χ0n) is 18.4. The summed E-state index contributed by atoms with van der Waals surface area (Å²) in [7, 11) is 4.15. The molecule has 2 aliphatic rings. The van der Waals surface area contributed by atoms with E-state index >= 15 is 0 Å². The highest BCUT2D eigenvalue weighted by atomic mass is 16.2. The van der Waals surface area contributed by atoms with Gasteiger partial charge in [0, 0.05) is 17.5 Å². The number of carbonyl (C=O) groups excluding carboxylic acids is 1. The molecule has 3 atom stereocenters. The van der Waals surface area contributed by atoms with Crippen LogP contribution in [0.3, 0.4) is 0 Å². The predicted molar refractivity (Wildman–Crippen MR) is 120 cm³/mol. The van der Waals surface area contributed by atoms with Crippen molar-refractivity contribution in [3.63, 3.8) is 0 Å². The Morgan fingerprint density at radius 1 is 1.35 bits per heavy atom. The number of aromatic amines is 1. The van der Waals surface area contributed by atoms with Gasteiger partial charge in [-0.15, -0.1) is 0 Å². The van der Waals surface area contributed by atoms with Crippen molar-refractivity contribution in [3.8, 4) is 0 Å². The summed E-state index contributed by atoms with van der Waals surface area (Å²) < 4.78 is 1.95. The second-order valence-corrected chi connectivity index (χ2v) is 9.65. The van der Waals surface area contributed by atoms with E-state index in [1.807, 2.05) is 16.9 Å². The van der Waals surface area contributed by atoms with Gasteiger partial charge in [0.1, 0.15) is 0 Å². The van der Waals surface area contributed by atoms with E-state index in [1.165, 1.54) is 12.0 Å². The fraction of sp³-hybridized carbons (Fsp3) is 0.458. The van der Waals surface area contributed by atoms with Crippen molar-refractivity contribution < 1.29 is 4.79 Å². The summed E-state index contributed by atoms with van der Waals surface area (Å²) in [5, 5.41) is 15.0. The summed E-state index contributed by atoms with van der Waals surface area (Å²) in [6.45, 7) is 3.27. The van der Waals surface area contributed by atoms with Crippen LogP contribution in [0.15, 0.2) is 42.7 Å². The normalized spacial score (nSPS) is 22.6. The van der Waals surface area contributed by atoms with Gasteiger partial charge in [-0.05, 0) is 63.2 Å². The fourth-order valence-electron chi connectivity index (χ4n) is 4.92. The third-order valence-corrected chi connectivity index (χ3v) is 6.95. The van der Waals surface area contributed by atoms with Crippen molar-refractivity contribution >= 4 is 11.6 Å². The van der Waals surface area contributed by atoms with Crippen LogP contribution in [0.25, 0.3) is 0 Å². The average molecular weight is 419 g/mol.